The molecular formula is C24H24ClN3O3. The number of aryl methyl sites for hydroxylation is 1. The van der Waals surface area contributed by atoms with Gasteiger partial charge in [0.25, 0.3) is 0 Å². The summed E-state index contributed by atoms with van der Waals surface area (Å²) in [6.07, 6.45) is 1.54. The Kier molecular flexibility index (Phi) is 7.90. The van der Waals surface area contributed by atoms with Gasteiger partial charge in [0.2, 0.25) is 0 Å². The minimum atomic E-state index is -0.418. The van der Waals surface area contributed by atoms with Gasteiger partial charge < -0.3 is 14.8 Å². The molecule has 160 valence electrons. The molecule has 0 radical (unpaired) electrons. The van der Waals surface area contributed by atoms with Crippen LogP contribution in [0.4, 0.5) is 10.5 Å². The molecule has 0 bridgehead atoms. The van der Waals surface area contributed by atoms with Crippen LogP contribution in [0.5, 0.6) is 11.5 Å². The molecule has 7 heteroatoms. The van der Waals surface area contributed by atoms with Crippen molar-refractivity contribution in [3.05, 3.63) is 88.4 Å². The molecule has 0 aliphatic heterocycles. The van der Waals surface area contributed by atoms with E-state index in [0.717, 1.165) is 22.4 Å². The lowest BCUT2D eigenvalue weighted by atomic mass is 10.2. The summed E-state index contributed by atoms with van der Waals surface area (Å²) >= 11 is 5.92. The maximum atomic E-state index is 12.0. The molecule has 0 aromatic heterocycles. The molecule has 2 N–H and O–H groups in total. The van der Waals surface area contributed by atoms with Gasteiger partial charge in [0.05, 0.1) is 12.8 Å². The second-order valence-electron chi connectivity index (χ2n) is 6.69. The zero-order valence-electron chi connectivity index (χ0n) is 17.4. The Morgan fingerprint density at radius 3 is 2.55 bits per heavy atom. The summed E-state index contributed by atoms with van der Waals surface area (Å²) in [6.45, 7) is 4.71. The van der Waals surface area contributed by atoms with Crippen molar-refractivity contribution in [1.29, 1.82) is 0 Å². The van der Waals surface area contributed by atoms with Gasteiger partial charge in [0.15, 0.2) is 11.5 Å². The number of hydrogen-bond acceptors (Lipinski definition) is 4. The van der Waals surface area contributed by atoms with Gasteiger partial charge in [-0.15, -0.1) is 0 Å². The van der Waals surface area contributed by atoms with Crippen LogP contribution in [0.25, 0.3) is 0 Å². The molecule has 0 aliphatic carbocycles. The summed E-state index contributed by atoms with van der Waals surface area (Å²) in [6, 6.07) is 20.0. The Morgan fingerprint density at radius 1 is 1.03 bits per heavy atom. The third-order valence-corrected chi connectivity index (χ3v) is 4.60. The molecule has 0 aliphatic rings. The maximum absolute atomic E-state index is 12.0. The summed E-state index contributed by atoms with van der Waals surface area (Å²) in [7, 11) is 0. The number of ether oxygens (including phenoxy) is 2. The van der Waals surface area contributed by atoms with E-state index in [1.54, 1.807) is 6.21 Å². The zero-order valence-corrected chi connectivity index (χ0v) is 18.1. The molecule has 0 atom stereocenters. The van der Waals surface area contributed by atoms with E-state index in [-0.39, 0.29) is 0 Å². The topological polar surface area (TPSA) is 72.0 Å². The van der Waals surface area contributed by atoms with Crippen LogP contribution in [0.1, 0.15) is 23.6 Å². The highest BCUT2D eigenvalue weighted by molar-refractivity contribution is 6.30. The highest BCUT2D eigenvalue weighted by Gasteiger charge is 2.07. The number of nitrogens with zero attached hydrogens (tertiary/aromatic N) is 1. The normalized spacial score (nSPS) is 10.7. The van der Waals surface area contributed by atoms with Crippen molar-refractivity contribution in [3.63, 3.8) is 0 Å². The fourth-order valence-corrected chi connectivity index (χ4v) is 2.89. The number of nitrogens with one attached hydrogen (secondary N) is 2. The number of amides is 2. The lowest BCUT2D eigenvalue weighted by Gasteiger charge is -2.12. The zero-order chi connectivity index (χ0) is 22.1. The largest absolute Gasteiger partial charge is 0.490 e. The maximum Gasteiger partial charge on any atom is 0.339 e. The SMILES string of the molecule is CCOc1cc(C=NNC(=O)Nc2ccccc2C)ccc1OCc1ccc(Cl)cc1. The smallest absolute Gasteiger partial charge is 0.339 e. The predicted molar refractivity (Wildman–Crippen MR) is 124 cm³/mol. The van der Waals surface area contributed by atoms with E-state index < -0.39 is 6.03 Å². The van der Waals surface area contributed by atoms with Gasteiger partial charge in [-0.1, -0.05) is 41.9 Å². The molecule has 3 aromatic carbocycles. The van der Waals surface area contributed by atoms with Crippen molar-refractivity contribution in [3.8, 4) is 11.5 Å². The van der Waals surface area contributed by atoms with Gasteiger partial charge >= 0.3 is 6.03 Å². The monoisotopic (exact) mass is 437 g/mol. The second-order valence-corrected chi connectivity index (χ2v) is 7.13. The Balaban J connectivity index is 1.60. The van der Waals surface area contributed by atoms with Crippen LogP contribution in [0.2, 0.25) is 5.02 Å². The van der Waals surface area contributed by atoms with E-state index in [9.17, 15) is 4.79 Å². The van der Waals surface area contributed by atoms with Crippen LogP contribution in [0.3, 0.4) is 0 Å². The van der Waals surface area contributed by atoms with E-state index in [1.165, 1.54) is 0 Å². The minimum Gasteiger partial charge on any atom is -0.490 e. The van der Waals surface area contributed by atoms with E-state index in [1.807, 2.05) is 80.6 Å². The summed E-state index contributed by atoms with van der Waals surface area (Å²) in [5.74, 6) is 1.23. The van der Waals surface area contributed by atoms with Gasteiger partial charge in [0, 0.05) is 10.7 Å². The number of hydrogen-bond donors (Lipinski definition) is 2. The Hall–Kier alpha value is -3.51. The van der Waals surface area contributed by atoms with Crippen LogP contribution < -0.4 is 20.2 Å². The molecule has 0 heterocycles. The van der Waals surface area contributed by atoms with Crippen LogP contribution in [0, 0.1) is 6.92 Å². The molecule has 31 heavy (non-hydrogen) atoms. The lowest BCUT2D eigenvalue weighted by Crippen LogP contribution is -2.24. The van der Waals surface area contributed by atoms with Crippen LogP contribution in [-0.4, -0.2) is 18.9 Å². The Bertz CT molecular complexity index is 1050. The second kappa shape index (κ2) is 11.0. The number of urea groups is 1. The average Bonchev–Trinajstić information content (AvgIpc) is 2.76. The summed E-state index contributed by atoms with van der Waals surface area (Å²) < 4.78 is 11.6. The van der Waals surface area contributed by atoms with Gasteiger partial charge in [0.1, 0.15) is 6.61 Å². The Labute approximate surface area is 186 Å². The summed E-state index contributed by atoms with van der Waals surface area (Å²) in [5, 5.41) is 7.44. The predicted octanol–water partition coefficient (Wildman–Crippen LogP) is 5.78. The standard InChI is InChI=1S/C24H24ClN3O3/c1-3-30-23-14-19(10-13-22(23)31-16-18-8-11-20(25)12-9-18)15-26-28-24(29)27-21-7-5-4-6-17(21)2/h4-15H,3,16H2,1-2H3,(H2,27,28,29). The average molecular weight is 438 g/mol. The fraction of sp³-hybridized carbons (Fsp3) is 0.167. The number of carbonyl (C=O) groups excluding carboxylic acids is 1. The molecule has 0 saturated heterocycles. The molecule has 0 fully saturated rings. The molecule has 2 amide bonds. The quantitative estimate of drug-likeness (QED) is 0.346. The van der Waals surface area contributed by atoms with E-state index in [0.29, 0.717) is 29.7 Å². The molecular weight excluding hydrogens is 414 g/mol. The van der Waals surface area contributed by atoms with Gasteiger partial charge in [-0.2, -0.15) is 5.10 Å². The van der Waals surface area contributed by atoms with E-state index in [4.69, 9.17) is 21.1 Å². The molecule has 3 rings (SSSR count). The van der Waals surface area contributed by atoms with Gasteiger partial charge in [-0.05, 0) is 66.9 Å². The first-order valence-corrected chi connectivity index (χ1v) is 10.2. The first-order valence-electron chi connectivity index (χ1n) is 9.85. The molecule has 0 spiro atoms. The fourth-order valence-electron chi connectivity index (χ4n) is 2.76. The molecule has 6 nitrogen and oxygen atoms in total. The highest BCUT2D eigenvalue weighted by atomic mass is 35.5. The number of halogens is 1. The number of rotatable bonds is 8. The van der Waals surface area contributed by atoms with Crippen molar-refractivity contribution in [2.45, 2.75) is 20.5 Å². The third-order valence-electron chi connectivity index (χ3n) is 4.35. The molecule has 3 aromatic rings. The van der Waals surface area contributed by atoms with Crippen molar-refractivity contribution >= 4 is 29.5 Å². The highest BCUT2D eigenvalue weighted by Crippen LogP contribution is 2.29. The number of hydrazone groups is 1. The lowest BCUT2D eigenvalue weighted by molar-refractivity contribution is 0.252. The summed E-state index contributed by atoms with van der Waals surface area (Å²) in [4.78, 5) is 12.0. The van der Waals surface area contributed by atoms with Crippen molar-refractivity contribution in [1.82, 2.24) is 5.43 Å². The van der Waals surface area contributed by atoms with E-state index in [2.05, 4.69) is 15.8 Å². The number of benzene rings is 3. The van der Waals surface area contributed by atoms with Crippen LogP contribution in [0.15, 0.2) is 71.8 Å². The first kappa shape index (κ1) is 22.2. The van der Waals surface area contributed by atoms with E-state index >= 15 is 0 Å². The summed E-state index contributed by atoms with van der Waals surface area (Å²) in [5.41, 5.74) is 5.93. The number of anilines is 1. The number of carbonyl (C=O) groups is 1. The van der Waals surface area contributed by atoms with Crippen LogP contribution in [-0.2, 0) is 6.61 Å². The number of para-hydroxylation sites is 1. The van der Waals surface area contributed by atoms with Crippen molar-refractivity contribution in [2.24, 2.45) is 5.10 Å². The minimum absolute atomic E-state index is 0.394. The molecule has 0 saturated carbocycles. The van der Waals surface area contributed by atoms with Crippen LogP contribution >= 0.6 is 11.6 Å². The van der Waals surface area contributed by atoms with Gasteiger partial charge in [-0.25, -0.2) is 10.2 Å². The van der Waals surface area contributed by atoms with Crippen molar-refractivity contribution < 1.29 is 14.3 Å². The molecule has 0 unspecified atom stereocenters. The third kappa shape index (κ3) is 6.76. The van der Waals surface area contributed by atoms with Crippen molar-refractivity contribution in [2.75, 3.05) is 11.9 Å². The Morgan fingerprint density at radius 2 is 1.81 bits per heavy atom. The van der Waals surface area contributed by atoms with Gasteiger partial charge in [-0.3, -0.25) is 0 Å². The first-order chi connectivity index (χ1) is 15.0.